The first-order valence-corrected chi connectivity index (χ1v) is 9.61. The van der Waals surface area contributed by atoms with E-state index < -0.39 is 0 Å². The number of nitrogens with one attached hydrogen (secondary N) is 2. The van der Waals surface area contributed by atoms with Gasteiger partial charge in [-0.1, -0.05) is 6.92 Å². The molecule has 1 saturated heterocycles. The molecule has 0 unspecified atom stereocenters. The van der Waals surface area contributed by atoms with E-state index in [0.29, 0.717) is 18.0 Å². The van der Waals surface area contributed by atoms with Crippen LogP contribution in [0.2, 0.25) is 0 Å². The van der Waals surface area contributed by atoms with Crippen molar-refractivity contribution in [1.29, 1.82) is 5.26 Å². The standard InChI is InChI=1S/C18H25N3O2S/c1-11-4-5-14-15(7-19)18(24-16(14)6-11)20-17(22)10-21-8-12(2)23-13(3)9-21/h11-13H,4-6,8-10H2,1-3H3,(H,20,22)/p+1/t11-,12-,13-/m1/s1. The highest BCUT2D eigenvalue weighted by Gasteiger charge is 2.29. The molecular formula is C18H26N3O2S+. The summed E-state index contributed by atoms with van der Waals surface area (Å²) in [4.78, 5) is 15.0. The van der Waals surface area contributed by atoms with E-state index in [1.807, 2.05) is 0 Å². The molecule has 3 atom stereocenters. The van der Waals surface area contributed by atoms with Crippen LogP contribution in [-0.2, 0) is 22.4 Å². The number of amides is 1. The summed E-state index contributed by atoms with van der Waals surface area (Å²) in [5, 5.41) is 13.3. The Kier molecular flexibility index (Phi) is 5.24. The van der Waals surface area contributed by atoms with E-state index in [2.05, 4.69) is 32.2 Å². The normalized spacial score (nSPS) is 29.6. The number of rotatable bonds is 3. The topological polar surface area (TPSA) is 66.6 Å². The van der Waals surface area contributed by atoms with Gasteiger partial charge in [-0.3, -0.25) is 4.79 Å². The molecule has 2 heterocycles. The minimum atomic E-state index is -0.00514. The van der Waals surface area contributed by atoms with E-state index in [1.54, 1.807) is 11.3 Å². The van der Waals surface area contributed by atoms with Gasteiger partial charge in [-0.2, -0.15) is 5.26 Å². The number of carbonyl (C=O) groups is 1. The monoisotopic (exact) mass is 348 g/mol. The van der Waals surface area contributed by atoms with Crippen molar-refractivity contribution in [3.63, 3.8) is 0 Å². The van der Waals surface area contributed by atoms with E-state index in [0.717, 1.165) is 42.9 Å². The second kappa shape index (κ2) is 7.22. The zero-order chi connectivity index (χ0) is 17.3. The third kappa shape index (κ3) is 3.80. The van der Waals surface area contributed by atoms with Crippen molar-refractivity contribution in [3.8, 4) is 6.07 Å². The van der Waals surface area contributed by atoms with E-state index in [1.165, 1.54) is 9.78 Å². The third-order valence-electron chi connectivity index (χ3n) is 4.90. The fourth-order valence-electron chi connectivity index (χ4n) is 3.89. The van der Waals surface area contributed by atoms with Crippen molar-refractivity contribution in [2.45, 2.75) is 52.2 Å². The molecule has 1 aromatic rings. The number of hydrogen-bond acceptors (Lipinski definition) is 4. The van der Waals surface area contributed by atoms with Crippen LogP contribution in [-0.4, -0.2) is 37.7 Å². The molecule has 5 nitrogen and oxygen atoms in total. The molecular weight excluding hydrogens is 322 g/mol. The lowest BCUT2D eigenvalue weighted by Gasteiger charge is -2.31. The fourth-order valence-corrected chi connectivity index (χ4v) is 5.27. The number of anilines is 1. The molecule has 1 fully saturated rings. The molecule has 1 amide bonds. The first-order valence-electron chi connectivity index (χ1n) is 8.79. The average Bonchev–Trinajstić information content (AvgIpc) is 2.81. The number of morpholine rings is 1. The second-order valence-electron chi connectivity index (χ2n) is 7.31. The van der Waals surface area contributed by atoms with Crippen molar-refractivity contribution in [3.05, 3.63) is 16.0 Å². The van der Waals surface area contributed by atoms with Gasteiger partial charge < -0.3 is 15.0 Å². The summed E-state index contributed by atoms with van der Waals surface area (Å²) in [6, 6.07) is 2.31. The molecule has 6 heteroatoms. The predicted octanol–water partition coefficient (Wildman–Crippen LogP) is 1.38. The molecule has 2 N–H and O–H groups in total. The summed E-state index contributed by atoms with van der Waals surface area (Å²) >= 11 is 1.59. The number of hydrogen-bond donors (Lipinski definition) is 2. The quantitative estimate of drug-likeness (QED) is 0.867. The SMILES string of the molecule is C[C@@H]1CCc2c(sc(NC(=O)C[NH+]3C[C@@H](C)O[C@H](C)C3)c2C#N)C1. The van der Waals surface area contributed by atoms with Gasteiger partial charge in [-0.05, 0) is 44.6 Å². The Labute approximate surface area is 147 Å². The number of thiophene rings is 1. The van der Waals surface area contributed by atoms with Crippen LogP contribution >= 0.6 is 11.3 Å². The van der Waals surface area contributed by atoms with Crippen molar-refractivity contribution in [2.24, 2.45) is 5.92 Å². The maximum Gasteiger partial charge on any atom is 0.280 e. The van der Waals surface area contributed by atoms with Gasteiger partial charge in [0.2, 0.25) is 0 Å². The average molecular weight is 348 g/mol. The highest BCUT2D eigenvalue weighted by atomic mass is 32.1. The van der Waals surface area contributed by atoms with Crippen LogP contribution in [0.4, 0.5) is 5.00 Å². The van der Waals surface area contributed by atoms with Crippen molar-refractivity contribution < 1.29 is 14.4 Å². The van der Waals surface area contributed by atoms with E-state index in [4.69, 9.17) is 4.74 Å². The number of quaternary nitrogens is 1. The van der Waals surface area contributed by atoms with Gasteiger partial charge in [0.25, 0.3) is 5.91 Å². The molecule has 1 aliphatic carbocycles. The van der Waals surface area contributed by atoms with Crippen molar-refractivity contribution in [1.82, 2.24) is 0 Å². The lowest BCUT2D eigenvalue weighted by molar-refractivity contribution is -0.907. The maximum atomic E-state index is 12.5. The minimum Gasteiger partial charge on any atom is -0.364 e. The molecule has 0 radical (unpaired) electrons. The molecule has 3 rings (SSSR count). The first kappa shape index (κ1) is 17.4. The molecule has 0 saturated carbocycles. The van der Waals surface area contributed by atoms with Gasteiger partial charge in [0.15, 0.2) is 6.54 Å². The Bertz CT molecular complexity index is 654. The van der Waals surface area contributed by atoms with Crippen LogP contribution in [0.3, 0.4) is 0 Å². The Hall–Kier alpha value is -1.42. The van der Waals surface area contributed by atoms with Gasteiger partial charge in [0.05, 0.1) is 5.56 Å². The molecule has 2 aliphatic rings. The van der Waals surface area contributed by atoms with Gasteiger partial charge in [0, 0.05) is 4.88 Å². The maximum absolute atomic E-state index is 12.5. The van der Waals surface area contributed by atoms with Gasteiger partial charge in [-0.15, -0.1) is 11.3 Å². The van der Waals surface area contributed by atoms with Crippen molar-refractivity contribution in [2.75, 3.05) is 25.0 Å². The van der Waals surface area contributed by atoms with E-state index in [-0.39, 0.29) is 18.1 Å². The summed E-state index contributed by atoms with van der Waals surface area (Å²) in [7, 11) is 0. The number of nitrogens with zero attached hydrogens (tertiary/aromatic N) is 1. The highest BCUT2D eigenvalue weighted by molar-refractivity contribution is 7.16. The summed E-state index contributed by atoms with van der Waals surface area (Å²) in [6.07, 6.45) is 3.46. The highest BCUT2D eigenvalue weighted by Crippen LogP contribution is 2.39. The molecule has 0 bridgehead atoms. The molecule has 0 aromatic carbocycles. The lowest BCUT2D eigenvalue weighted by Crippen LogP contribution is -3.16. The molecule has 1 aromatic heterocycles. The lowest BCUT2D eigenvalue weighted by atomic mass is 9.89. The molecule has 1 aliphatic heterocycles. The summed E-state index contributed by atoms with van der Waals surface area (Å²) in [6.45, 7) is 8.48. The fraction of sp³-hybridized carbons (Fsp3) is 0.667. The summed E-state index contributed by atoms with van der Waals surface area (Å²) in [5.41, 5.74) is 1.85. The Morgan fingerprint density at radius 1 is 1.38 bits per heavy atom. The molecule has 0 spiro atoms. The zero-order valence-corrected chi connectivity index (χ0v) is 15.5. The van der Waals surface area contributed by atoms with Crippen LogP contribution in [0.15, 0.2) is 0 Å². The van der Waals surface area contributed by atoms with Crippen LogP contribution < -0.4 is 10.2 Å². The predicted molar refractivity (Wildman–Crippen MR) is 94.4 cm³/mol. The zero-order valence-electron chi connectivity index (χ0n) is 14.6. The van der Waals surface area contributed by atoms with Crippen LogP contribution in [0.25, 0.3) is 0 Å². The van der Waals surface area contributed by atoms with Crippen LogP contribution in [0, 0.1) is 17.2 Å². The second-order valence-corrected chi connectivity index (χ2v) is 8.41. The van der Waals surface area contributed by atoms with E-state index in [9.17, 15) is 10.1 Å². The number of fused-ring (bicyclic) bond motifs is 1. The molecule has 24 heavy (non-hydrogen) atoms. The Morgan fingerprint density at radius 3 is 2.75 bits per heavy atom. The number of carbonyl (C=O) groups excluding carboxylic acids is 1. The van der Waals surface area contributed by atoms with Crippen molar-refractivity contribution >= 4 is 22.2 Å². The largest absolute Gasteiger partial charge is 0.364 e. The van der Waals surface area contributed by atoms with E-state index >= 15 is 0 Å². The van der Waals surface area contributed by atoms with Gasteiger partial charge >= 0.3 is 0 Å². The third-order valence-corrected chi connectivity index (χ3v) is 6.07. The minimum absolute atomic E-state index is 0.00514. The molecule has 130 valence electrons. The number of nitriles is 1. The summed E-state index contributed by atoms with van der Waals surface area (Å²) in [5.74, 6) is 0.654. The summed E-state index contributed by atoms with van der Waals surface area (Å²) < 4.78 is 5.72. The smallest absolute Gasteiger partial charge is 0.280 e. The van der Waals surface area contributed by atoms with Crippen LogP contribution in [0.1, 0.15) is 43.2 Å². The Morgan fingerprint density at radius 2 is 2.08 bits per heavy atom. The first-order chi connectivity index (χ1) is 11.5. The van der Waals surface area contributed by atoms with Crippen LogP contribution in [0.5, 0.6) is 0 Å². The van der Waals surface area contributed by atoms with Gasteiger partial charge in [0.1, 0.15) is 36.4 Å². The number of ether oxygens (including phenoxy) is 1. The Balaban J connectivity index is 1.67. The van der Waals surface area contributed by atoms with Gasteiger partial charge in [-0.25, -0.2) is 0 Å².